The number of aliphatic hydroxyl groups excluding tert-OH is 2. The van der Waals surface area contributed by atoms with Crippen LogP contribution in [0.15, 0.2) is 0 Å². The van der Waals surface area contributed by atoms with E-state index < -0.39 is 0 Å². The Kier molecular flexibility index (Phi) is 2.00. The molecule has 90 valence electrons. The van der Waals surface area contributed by atoms with Crippen molar-refractivity contribution in [2.24, 2.45) is 47.3 Å². The van der Waals surface area contributed by atoms with E-state index in [1.54, 1.807) is 0 Å². The van der Waals surface area contributed by atoms with Crippen LogP contribution in [-0.4, -0.2) is 23.4 Å². The fourth-order valence-corrected chi connectivity index (χ4v) is 4.45. The third kappa shape index (κ3) is 1.46. The second-order valence-electron chi connectivity index (χ2n) is 6.81. The van der Waals surface area contributed by atoms with E-state index in [1.165, 1.54) is 25.7 Å². The van der Waals surface area contributed by atoms with Crippen molar-refractivity contribution in [2.75, 3.05) is 13.2 Å². The van der Waals surface area contributed by atoms with E-state index >= 15 is 0 Å². The maximum Gasteiger partial charge on any atom is 0.0462 e. The molecule has 0 aromatic rings. The molecule has 0 bridgehead atoms. The molecule has 0 radical (unpaired) electrons. The van der Waals surface area contributed by atoms with Crippen molar-refractivity contribution < 1.29 is 10.2 Å². The molecule has 0 saturated heterocycles. The minimum absolute atomic E-state index is 0.428. The molecule has 0 aromatic carbocycles. The number of rotatable bonds is 5. The Balaban J connectivity index is 1.26. The predicted octanol–water partition coefficient (Wildman–Crippen LogP) is 1.52. The van der Waals surface area contributed by atoms with Crippen LogP contribution in [-0.2, 0) is 0 Å². The number of aliphatic hydroxyl groups is 2. The summed E-state index contributed by atoms with van der Waals surface area (Å²) in [6, 6.07) is 0. The molecular formula is C14H22O2. The van der Waals surface area contributed by atoms with Gasteiger partial charge in [-0.25, -0.2) is 0 Å². The maximum absolute atomic E-state index is 9.08. The summed E-state index contributed by atoms with van der Waals surface area (Å²) in [5.74, 6) is 7.12. The van der Waals surface area contributed by atoms with Crippen molar-refractivity contribution in [2.45, 2.75) is 25.7 Å². The van der Waals surface area contributed by atoms with Gasteiger partial charge in [-0.3, -0.25) is 0 Å². The van der Waals surface area contributed by atoms with Gasteiger partial charge in [0.25, 0.3) is 0 Å². The first-order chi connectivity index (χ1) is 7.83. The molecule has 0 amide bonds. The van der Waals surface area contributed by atoms with E-state index in [-0.39, 0.29) is 0 Å². The van der Waals surface area contributed by atoms with Crippen LogP contribution in [0.2, 0.25) is 0 Å². The van der Waals surface area contributed by atoms with Crippen LogP contribution in [0.25, 0.3) is 0 Å². The zero-order chi connectivity index (χ0) is 10.9. The van der Waals surface area contributed by atoms with Gasteiger partial charge < -0.3 is 10.2 Å². The number of hydrogen-bond donors (Lipinski definition) is 2. The van der Waals surface area contributed by atoms with Crippen molar-refractivity contribution in [3.63, 3.8) is 0 Å². The predicted molar refractivity (Wildman–Crippen MR) is 60.6 cm³/mol. The zero-order valence-electron chi connectivity index (χ0n) is 9.76. The molecule has 8 atom stereocenters. The first kappa shape index (κ1) is 9.90. The molecule has 0 unspecified atom stereocenters. The first-order valence-corrected chi connectivity index (χ1v) is 7.05. The van der Waals surface area contributed by atoms with Crippen LogP contribution in [0.1, 0.15) is 25.7 Å². The Bertz CT molecular complexity index is 273. The quantitative estimate of drug-likeness (QED) is 0.740. The third-order valence-electron chi connectivity index (χ3n) is 5.86. The van der Waals surface area contributed by atoms with Gasteiger partial charge in [-0.05, 0) is 73.0 Å². The van der Waals surface area contributed by atoms with E-state index in [9.17, 15) is 0 Å². The highest BCUT2D eigenvalue weighted by Gasteiger charge is 2.63. The van der Waals surface area contributed by atoms with Gasteiger partial charge in [0.05, 0.1) is 0 Å². The topological polar surface area (TPSA) is 40.5 Å². The Hall–Kier alpha value is -0.0800. The lowest BCUT2D eigenvalue weighted by molar-refractivity contribution is 0.262. The summed E-state index contributed by atoms with van der Waals surface area (Å²) in [7, 11) is 0. The molecule has 4 rings (SSSR count). The van der Waals surface area contributed by atoms with Crippen LogP contribution in [0.4, 0.5) is 0 Å². The molecule has 4 saturated carbocycles. The van der Waals surface area contributed by atoms with Gasteiger partial charge in [-0.15, -0.1) is 0 Å². The highest BCUT2D eigenvalue weighted by Crippen LogP contribution is 2.69. The highest BCUT2D eigenvalue weighted by molar-refractivity contribution is 5.12. The summed E-state index contributed by atoms with van der Waals surface area (Å²) in [5, 5.41) is 18.2. The van der Waals surface area contributed by atoms with Gasteiger partial charge in [0.2, 0.25) is 0 Å². The largest absolute Gasteiger partial charge is 0.396 e. The van der Waals surface area contributed by atoms with Crippen molar-refractivity contribution >= 4 is 0 Å². The van der Waals surface area contributed by atoms with Gasteiger partial charge in [-0.2, -0.15) is 0 Å². The molecule has 0 heterocycles. The molecule has 4 aliphatic rings. The average Bonchev–Trinajstić information content (AvgIpc) is 3.20. The smallest absolute Gasteiger partial charge is 0.0462 e. The highest BCUT2D eigenvalue weighted by atomic mass is 16.3. The van der Waals surface area contributed by atoms with Gasteiger partial charge in [0.15, 0.2) is 0 Å². The molecule has 2 heteroatoms. The maximum atomic E-state index is 9.08. The normalized spacial score (nSPS) is 61.9. The molecule has 2 nitrogen and oxygen atoms in total. The molecule has 0 aliphatic heterocycles. The van der Waals surface area contributed by atoms with E-state index in [1.807, 2.05) is 0 Å². The Morgan fingerprint density at radius 3 is 1.25 bits per heavy atom. The third-order valence-corrected chi connectivity index (χ3v) is 5.86. The summed E-state index contributed by atoms with van der Waals surface area (Å²) in [5.41, 5.74) is 0. The Labute approximate surface area is 97.0 Å². The Morgan fingerprint density at radius 2 is 0.938 bits per heavy atom. The average molecular weight is 222 g/mol. The fraction of sp³-hybridized carbons (Fsp3) is 1.00. The second-order valence-corrected chi connectivity index (χ2v) is 6.81. The van der Waals surface area contributed by atoms with Crippen LogP contribution in [0, 0.1) is 47.3 Å². The van der Waals surface area contributed by atoms with Gasteiger partial charge >= 0.3 is 0 Å². The molecule has 0 spiro atoms. The van der Waals surface area contributed by atoms with Crippen LogP contribution in [0.3, 0.4) is 0 Å². The van der Waals surface area contributed by atoms with Crippen molar-refractivity contribution in [1.29, 1.82) is 0 Å². The van der Waals surface area contributed by atoms with E-state index in [2.05, 4.69) is 0 Å². The van der Waals surface area contributed by atoms with Gasteiger partial charge in [0.1, 0.15) is 0 Å². The molecule has 0 aromatic heterocycles. The summed E-state index contributed by atoms with van der Waals surface area (Å²) in [6.07, 6.45) is 5.52. The Morgan fingerprint density at radius 1 is 0.562 bits per heavy atom. The van der Waals surface area contributed by atoms with E-state index in [0.717, 1.165) is 35.5 Å². The lowest BCUT2D eigenvalue weighted by Gasteiger charge is -1.98. The fourth-order valence-electron chi connectivity index (χ4n) is 4.45. The van der Waals surface area contributed by atoms with Crippen LogP contribution < -0.4 is 0 Å². The van der Waals surface area contributed by atoms with Crippen LogP contribution in [0.5, 0.6) is 0 Å². The molecule has 16 heavy (non-hydrogen) atoms. The lowest BCUT2D eigenvalue weighted by Crippen LogP contribution is -1.97. The molecule has 4 fully saturated rings. The van der Waals surface area contributed by atoms with Gasteiger partial charge in [-0.1, -0.05) is 0 Å². The summed E-state index contributed by atoms with van der Waals surface area (Å²) >= 11 is 0. The van der Waals surface area contributed by atoms with Crippen molar-refractivity contribution in [3.8, 4) is 0 Å². The SMILES string of the molecule is OC[C@@H]1C[C@H]1[C@@H]1C[C@@H]1[C@H]1C[C@H]1[C@@H]1C[C@H]1CO. The molecule has 4 aliphatic carbocycles. The van der Waals surface area contributed by atoms with Gasteiger partial charge in [0, 0.05) is 13.2 Å². The second kappa shape index (κ2) is 3.23. The summed E-state index contributed by atoms with van der Waals surface area (Å²) in [4.78, 5) is 0. The minimum Gasteiger partial charge on any atom is -0.396 e. The minimum atomic E-state index is 0.428. The van der Waals surface area contributed by atoms with Crippen LogP contribution >= 0.6 is 0 Å². The summed E-state index contributed by atoms with van der Waals surface area (Å²) in [6.45, 7) is 0.856. The van der Waals surface area contributed by atoms with Crippen molar-refractivity contribution in [1.82, 2.24) is 0 Å². The number of hydrogen-bond acceptors (Lipinski definition) is 2. The van der Waals surface area contributed by atoms with E-state index in [4.69, 9.17) is 10.2 Å². The van der Waals surface area contributed by atoms with Crippen molar-refractivity contribution in [3.05, 3.63) is 0 Å². The molecule has 2 N–H and O–H groups in total. The standard InChI is InChI=1S/C14H22O2/c15-5-7-1-9(7)11-3-13(11)14-4-12(14)10-2-8(10)6-16/h7-16H,1-6H2/t7-,8-,9+,10+,11-,12-,13-,14-/m0/s1. The monoisotopic (exact) mass is 222 g/mol. The zero-order valence-corrected chi connectivity index (χ0v) is 9.76. The summed E-state index contributed by atoms with van der Waals surface area (Å²) < 4.78 is 0. The van der Waals surface area contributed by atoms with E-state index in [0.29, 0.717) is 25.0 Å². The molecular weight excluding hydrogens is 200 g/mol. The first-order valence-electron chi connectivity index (χ1n) is 7.05. The lowest BCUT2D eigenvalue weighted by atomic mass is 10.1.